The lowest BCUT2D eigenvalue weighted by atomic mass is 9.75. The molecule has 0 radical (unpaired) electrons. The number of hydrogen-bond donors (Lipinski definition) is 6. The molecular weight excluding hydrogens is 348 g/mol. The fourth-order valence-corrected chi connectivity index (χ4v) is 3.00. The van der Waals surface area contributed by atoms with Gasteiger partial charge in [-0.15, -0.1) is 0 Å². The lowest BCUT2D eigenvalue weighted by Gasteiger charge is -2.35. The van der Waals surface area contributed by atoms with Crippen molar-refractivity contribution >= 4 is 12.4 Å². The van der Waals surface area contributed by atoms with Gasteiger partial charge in [-0.2, -0.15) is 0 Å². The molecule has 0 aliphatic heterocycles. The van der Waals surface area contributed by atoms with Crippen molar-refractivity contribution in [2.75, 3.05) is 6.61 Å². The van der Waals surface area contributed by atoms with Crippen LogP contribution in [0.25, 0.3) is 0 Å². The molecule has 0 aromatic heterocycles. The molecule has 0 bridgehead atoms. The zero-order valence-corrected chi connectivity index (χ0v) is 15.4. The summed E-state index contributed by atoms with van der Waals surface area (Å²) >= 11 is 0. The summed E-state index contributed by atoms with van der Waals surface area (Å²) in [7, 11) is 0. The van der Waals surface area contributed by atoms with Crippen LogP contribution in [0.1, 0.15) is 40.0 Å². The van der Waals surface area contributed by atoms with E-state index in [1.807, 2.05) is 0 Å². The van der Waals surface area contributed by atoms with Gasteiger partial charge in [0.15, 0.2) is 6.29 Å². The highest BCUT2D eigenvalue weighted by Gasteiger charge is 2.33. The second kappa shape index (κ2) is 12.2. The second-order valence-corrected chi connectivity index (χ2v) is 7.11. The number of aliphatic hydroxyl groups is 5. The predicted molar refractivity (Wildman–Crippen MR) is 91.4 cm³/mol. The molecule has 0 spiro atoms. The molecule has 9 heteroatoms. The highest BCUT2D eigenvalue weighted by Crippen LogP contribution is 2.35. The first-order chi connectivity index (χ1) is 12.0. The Hall–Kier alpha value is -1.26. The third kappa shape index (κ3) is 8.41. The van der Waals surface area contributed by atoms with Crippen LogP contribution < -0.4 is 0 Å². The van der Waals surface area contributed by atoms with E-state index in [1.165, 1.54) is 6.42 Å². The van der Waals surface area contributed by atoms with Crippen LogP contribution >= 0.6 is 0 Å². The number of rotatable bonds is 7. The van der Waals surface area contributed by atoms with Gasteiger partial charge >= 0.3 is 6.16 Å². The Morgan fingerprint density at radius 2 is 1.73 bits per heavy atom. The highest BCUT2D eigenvalue weighted by molar-refractivity contribution is 5.57. The molecule has 26 heavy (non-hydrogen) atoms. The molecular formula is C17H32O9. The van der Waals surface area contributed by atoms with E-state index in [2.05, 4.69) is 20.8 Å². The SMILES string of the molecule is CC1CCC(C(C)C)C(OC(=O)O)C1.O=C[C@H](O)[C@@H](O)[C@H](O)[C@H](O)CO. The molecule has 0 aromatic rings. The van der Waals surface area contributed by atoms with Crippen molar-refractivity contribution in [3.8, 4) is 0 Å². The smallest absolute Gasteiger partial charge is 0.450 e. The minimum atomic E-state index is -1.79. The number of hydrogen-bond acceptors (Lipinski definition) is 8. The molecule has 6 N–H and O–H groups in total. The molecule has 1 fully saturated rings. The van der Waals surface area contributed by atoms with Crippen LogP contribution in [0, 0.1) is 17.8 Å². The lowest BCUT2D eigenvalue weighted by molar-refractivity contribution is -0.136. The summed E-state index contributed by atoms with van der Waals surface area (Å²) in [6, 6.07) is 0. The molecule has 0 heterocycles. The van der Waals surface area contributed by atoms with Crippen LogP contribution in [0.5, 0.6) is 0 Å². The first kappa shape index (κ1) is 24.7. The molecule has 0 amide bonds. The van der Waals surface area contributed by atoms with Crippen LogP contribution in [0.4, 0.5) is 4.79 Å². The number of carbonyl (C=O) groups is 2. The van der Waals surface area contributed by atoms with Crippen LogP contribution in [0.15, 0.2) is 0 Å². The van der Waals surface area contributed by atoms with E-state index in [9.17, 15) is 9.59 Å². The zero-order valence-electron chi connectivity index (χ0n) is 15.4. The number of aldehydes is 1. The summed E-state index contributed by atoms with van der Waals surface area (Å²) in [6.45, 7) is 5.68. The number of carbonyl (C=O) groups excluding carboxylic acids is 1. The Bertz CT molecular complexity index is 415. The van der Waals surface area contributed by atoms with Crippen molar-refractivity contribution in [2.45, 2.75) is 70.6 Å². The van der Waals surface area contributed by atoms with Gasteiger partial charge in [0.05, 0.1) is 6.61 Å². The van der Waals surface area contributed by atoms with E-state index in [4.69, 9.17) is 35.4 Å². The normalized spacial score (nSPS) is 27.5. The van der Waals surface area contributed by atoms with E-state index in [-0.39, 0.29) is 12.4 Å². The van der Waals surface area contributed by atoms with E-state index in [0.717, 1.165) is 12.8 Å². The lowest BCUT2D eigenvalue weighted by Crippen LogP contribution is -2.46. The Labute approximate surface area is 153 Å². The first-order valence-electron chi connectivity index (χ1n) is 8.73. The van der Waals surface area contributed by atoms with E-state index in [1.54, 1.807) is 0 Å². The Morgan fingerprint density at radius 3 is 2.15 bits per heavy atom. The molecule has 0 saturated heterocycles. The van der Waals surface area contributed by atoms with Gasteiger partial charge in [-0.05, 0) is 30.6 Å². The molecule has 3 unspecified atom stereocenters. The summed E-state index contributed by atoms with van der Waals surface area (Å²) in [4.78, 5) is 20.4. The van der Waals surface area contributed by atoms with Gasteiger partial charge in [0.2, 0.25) is 0 Å². The predicted octanol–water partition coefficient (Wildman–Crippen LogP) is -0.237. The van der Waals surface area contributed by atoms with Gasteiger partial charge in [-0.3, -0.25) is 0 Å². The zero-order chi connectivity index (χ0) is 20.4. The third-order valence-corrected chi connectivity index (χ3v) is 4.63. The van der Waals surface area contributed by atoms with Crippen molar-refractivity contribution in [1.82, 2.24) is 0 Å². The molecule has 7 atom stereocenters. The highest BCUT2D eigenvalue weighted by atomic mass is 16.7. The summed E-state index contributed by atoms with van der Waals surface area (Å²) in [5.41, 5.74) is 0. The summed E-state index contributed by atoms with van der Waals surface area (Å²) in [5, 5.41) is 52.2. The van der Waals surface area contributed by atoms with Crippen molar-refractivity contribution < 1.29 is 45.0 Å². The number of ether oxygens (including phenoxy) is 1. The Morgan fingerprint density at radius 1 is 1.15 bits per heavy atom. The third-order valence-electron chi connectivity index (χ3n) is 4.63. The first-order valence-corrected chi connectivity index (χ1v) is 8.73. The van der Waals surface area contributed by atoms with Crippen LogP contribution in [0.3, 0.4) is 0 Å². The van der Waals surface area contributed by atoms with Crippen LogP contribution in [-0.2, 0) is 9.53 Å². The quantitative estimate of drug-likeness (QED) is 0.258. The largest absolute Gasteiger partial charge is 0.506 e. The molecule has 1 aliphatic carbocycles. The van der Waals surface area contributed by atoms with Crippen molar-refractivity contribution in [2.24, 2.45) is 17.8 Å². The van der Waals surface area contributed by atoms with Gasteiger partial charge in [-0.25, -0.2) is 4.79 Å². The Kier molecular flexibility index (Phi) is 11.6. The van der Waals surface area contributed by atoms with Crippen LogP contribution in [-0.4, -0.2) is 80.2 Å². The van der Waals surface area contributed by atoms with Gasteiger partial charge in [0.25, 0.3) is 0 Å². The average Bonchev–Trinajstić information content (AvgIpc) is 2.58. The minimum absolute atomic E-state index is 0.0258. The summed E-state index contributed by atoms with van der Waals surface area (Å²) in [6.07, 6.45) is -4.88. The number of aliphatic hydroxyl groups excluding tert-OH is 5. The average molecular weight is 380 g/mol. The standard InChI is InChI=1S/C11H20O3.C6H12O6/c1-7(2)9-5-4-8(3)6-10(9)14-11(12)13;7-1-3(9)5(11)6(12)4(10)2-8/h7-10H,4-6H2,1-3H3,(H,12,13);1,3-6,8-12H,2H2/t;3-,4+,5+,6+/m.0/s1. The van der Waals surface area contributed by atoms with Gasteiger partial charge in [-0.1, -0.05) is 27.2 Å². The molecule has 154 valence electrons. The fraction of sp³-hybridized carbons (Fsp3) is 0.882. The van der Waals surface area contributed by atoms with Crippen molar-refractivity contribution in [3.63, 3.8) is 0 Å². The van der Waals surface area contributed by atoms with E-state index in [0.29, 0.717) is 17.8 Å². The molecule has 1 aliphatic rings. The molecule has 0 aromatic carbocycles. The summed E-state index contributed by atoms with van der Waals surface area (Å²) < 4.78 is 4.95. The fourth-order valence-electron chi connectivity index (χ4n) is 3.00. The topological polar surface area (TPSA) is 165 Å². The maximum absolute atomic E-state index is 10.5. The second-order valence-electron chi connectivity index (χ2n) is 7.11. The molecule has 1 rings (SSSR count). The monoisotopic (exact) mass is 380 g/mol. The molecule has 9 nitrogen and oxygen atoms in total. The van der Waals surface area contributed by atoms with Gasteiger partial charge in [0, 0.05) is 0 Å². The van der Waals surface area contributed by atoms with E-state index >= 15 is 0 Å². The molecule has 1 saturated carbocycles. The number of carboxylic acid groups (broad SMARTS) is 1. The maximum atomic E-state index is 10.5. The summed E-state index contributed by atoms with van der Waals surface area (Å²) in [5.74, 6) is 1.50. The maximum Gasteiger partial charge on any atom is 0.506 e. The Balaban J connectivity index is 0.000000488. The van der Waals surface area contributed by atoms with Gasteiger partial charge in [0.1, 0.15) is 30.5 Å². The van der Waals surface area contributed by atoms with Crippen molar-refractivity contribution in [1.29, 1.82) is 0 Å². The van der Waals surface area contributed by atoms with Gasteiger partial charge < -0.3 is 40.2 Å². The van der Waals surface area contributed by atoms with Crippen LogP contribution in [0.2, 0.25) is 0 Å². The minimum Gasteiger partial charge on any atom is -0.450 e. The van der Waals surface area contributed by atoms with Crippen molar-refractivity contribution in [3.05, 3.63) is 0 Å². The van der Waals surface area contributed by atoms with E-state index < -0.39 is 37.2 Å².